The highest BCUT2D eigenvalue weighted by Crippen LogP contribution is 2.50. The molecule has 3 unspecified atom stereocenters. The number of benzene rings is 3. The number of fused-ring (bicyclic) bond motifs is 3. The molecule has 1 aliphatic carbocycles. The van der Waals surface area contributed by atoms with E-state index in [1.165, 1.54) is 11.1 Å². The average molecular weight is 445 g/mol. The van der Waals surface area contributed by atoms with E-state index in [-0.39, 0.29) is 12.0 Å². The van der Waals surface area contributed by atoms with Crippen LogP contribution < -0.4 is 10.0 Å². The summed E-state index contributed by atoms with van der Waals surface area (Å²) in [5.74, 6) is 0.601. The summed E-state index contributed by atoms with van der Waals surface area (Å²) >= 11 is 0. The van der Waals surface area contributed by atoms with Gasteiger partial charge in [0.05, 0.1) is 10.9 Å². The minimum Gasteiger partial charge on any atom is -0.378 e. The van der Waals surface area contributed by atoms with Crippen molar-refractivity contribution in [3.63, 3.8) is 0 Å². The summed E-state index contributed by atoms with van der Waals surface area (Å²) in [5.41, 5.74) is 5.74. The first-order chi connectivity index (χ1) is 15.5. The number of nitrogens with one attached hydrogen (secondary N) is 2. The molecule has 3 aromatic carbocycles. The smallest absolute Gasteiger partial charge is 0.240 e. The number of hydrogen-bond donors (Lipinski definition) is 2. The highest BCUT2D eigenvalue weighted by Gasteiger charge is 2.38. The maximum Gasteiger partial charge on any atom is 0.240 e. The Morgan fingerprint density at radius 3 is 2.66 bits per heavy atom. The van der Waals surface area contributed by atoms with Crippen molar-refractivity contribution in [1.82, 2.24) is 4.72 Å². The highest BCUT2D eigenvalue weighted by atomic mass is 32.2. The van der Waals surface area contributed by atoms with Crippen molar-refractivity contribution in [2.75, 3.05) is 11.9 Å². The molecular weight excluding hydrogens is 416 g/mol. The molecule has 0 spiro atoms. The van der Waals surface area contributed by atoms with Crippen molar-refractivity contribution in [2.45, 2.75) is 36.6 Å². The van der Waals surface area contributed by atoms with Crippen LogP contribution in [-0.4, -0.2) is 15.0 Å². The third-order valence-corrected chi connectivity index (χ3v) is 8.05. The minimum atomic E-state index is -3.57. The van der Waals surface area contributed by atoms with Gasteiger partial charge in [0.15, 0.2) is 0 Å². The summed E-state index contributed by atoms with van der Waals surface area (Å²) in [6.07, 6.45) is 6.13. The highest BCUT2D eigenvalue weighted by molar-refractivity contribution is 7.89. The number of allylic oxidation sites excluding steroid dienone is 2. The fourth-order valence-corrected chi connectivity index (χ4v) is 6.06. The third-order valence-electron chi connectivity index (χ3n) is 6.59. The molecule has 2 N–H and O–H groups in total. The van der Waals surface area contributed by atoms with Crippen LogP contribution in [0.25, 0.3) is 0 Å². The molecule has 5 rings (SSSR count). The molecule has 0 saturated carbocycles. The normalized spacial score (nSPS) is 21.6. The van der Waals surface area contributed by atoms with Gasteiger partial charge in [0.25, 0.3) is 0 Å². The summed E-state index contributed by atoms with van der Waals surface area (Å²) in [7, 11) is -3.57. The lowest BCUT2D eigenvalue weighted by Gasteiger charge is -2.37. The van der Waals surface area contributed by atoms with E-state index in [9.17, 15) is 8.42 Å². The van der Waals surface area contributed by atoms with Crippen LogP contribution in [-0.2, 0) is 16.4 Å². The van der Waals surface area contributed by atoms with Gasteiger partial charge >= 0.3 is 0 Å². The molecule has 3 aromatic rings. The van der Waals surface area contributed by atoms with Crippen LogP contribution in [0.5, 0.6) is 0 Å². The molecule has 2 aliphatic rings. The summed E-state index contributed by atoms with van der Waals surface area (Å²) in [4.78, 5) is 0.333. The van der Waals surface area contributed by atoms with Crippen LogP contribution >= 0.6 is 0 Å². The standard InChI is InChI=1S/C27H28N2O2S/c1-19-7-5-10-21(17-19)27-24-12-6-11-23(24)25-18-22(13-14-26(25)29-27)32(30,31)28-16-15-20-8-3-2-4-9-20/h2-11,13-14,17-18,23-24,27-29H,12,15-16H2,1H3. The SMILES string of the molecule is Cc1cccc(C2Nc3ccc(S(=O)(=O)NCCc4ccccc4)cc3C3C=CCC32)c1. The first-order valence-corrected chi connectivity index (χ1v) is 12.7. The maximum atomic E-state index is 13.0. The van der Waals surface area contributed by atoms with Crippen molar-refractivity contribution in [3.8, 4) is 0 Å². The first-order valence-electron chi connectivity index (χ1n) is 11.2. The Balaban J connectivity index is 1.38. The van der Waals surface area contributed by atoms with Crippen LogP contribution in [0, 0.1) is 12.8 Å². The van der Waals surface area contributed by atoms with Crippen LogP contribution in [0.15, 0.2) is 89.8 Å². The summed E-state index contributed by atoms with van der Waals surface area (Å²) in [5, 5.41) is 3.70. The van der Waals surface area contributed by atoms with Gasteiger partial charge in [-0.15, -0.1) is 0 Å². The number of rotatable bonds is 6. The molecule has 4 nitrogen and oxygen atoms in total. The number of anilines is 1. The monoisotopic (exact) mass is 444 g/mol. The van der Waals surface area contributed by atoms with Crippen LogP contribution in [0.1, 0.15) is 40.6 Å². The number of hydrogen-bond acceptors (Lipinski definition) is 3. The lowest BCUT2D eigenvalue weighted by Crippen LogP contribution is -2.30. The lowest BCUT2D eigenvalue weighted by atomic mass is 9.77. The molecule has 0 fully saturated rings. The van der Waals surface area contributed by atoms with E-state index >= 15 is 0 Å². The average Bonchev–Trinajstić information content (AvgIpc) is 3.29. The van der Waals surface area contributed by atoms with Crippen molar-refractivity contribution < 1.29 is 8.42 Å². The molecule has 0 radical (unpaired) electrons. The molecule has 0 bridgehead atoms. The molecule has 0 amide bonds. The van der Waals surface area contributed by atoms with Crippen molar-refractivity contribution >= 4 is 15.7 Å². The lowest BCUT2D eigenvalue weighted by molar-refractivity contribution is 0.425. The Labute approximate surface area is 190 Å². The van der Waals surface area contributed by atoms with Gasteiger partial charge < -0.3 is 5.32 Å². The van der Waals surface area contributed by atoms with E-state index in [1.54, 1.807) is 6.07 Å². The van der Waals surface area contributed by atoms with E-state index in [4.69, 9.17) is 0 Å². The number of aryl methyl sites for hydroxylation is 1. The van der Waals surface area contributed by atoms with Gasteiger partial charge in [-0.2, -0.15) is 0 Å². The van der Waals surface area contributed by atoms with Gasteiger partial charge in [-0.1, -0.05) is 72.3 Å². The van der Waals surface area contributed by atoms with Crippen molar-refractivity contribution in [3.05, 3.63) is 107 Å². The predicted octanol–water partition coefficient (Wildman–Crippen LogP) is 5.34. The first kappa shape index (κ1) is 21.0. The predicted molar refractivity (Wildman–Crippen MR) is 129 cm³/mol. The Morgan fingerprint density at radius 2 is 1.84 bits per heavy atom. The molecule has 3 atom stereocenters. The fourth-order valence-electron chi connectivity index (χ4n) is 4.99. The quantitative estimate of drug-likeness (QED) is 0.505. The van der Waals surface area contributed by atoms with Crippen molar-refractivity contribution in [1.29, 1.82) is 0 Å². The Hall–Kier alpha value is -2.89. The second-order valence-electron chi connectivity index (χ2n) is 8.77. The van der Waals surface area contributed by atoms with Gasteiger partial charge in [0, 0.05) is 18.2 Å². The second-order valence-corrected chi connectivity index (χ2v) is 10.5. The van der Waals surface area contributed by atoms with Crippen molar-refractivity contribution in [2.24, 2.45) is 5.92 Å². The Bertz CT molecular complexity index is 1250. The molecule has 1 heterocycles. The third kappa shape index (κ3) is 4.10. The molecular formula is C27H28N2O2S. The molecule has 1 aliphatic heterocycles. The molecule has 5 heteroatoms. The zero-order valence-electron chi connectivity index (χ0n) is 18.2. The van der Waals surface area contributed by atoms with E-state index in [0.29, 0.717) is 23.8 Å². The largest absolute Gasteiger partial charge is 0.378 e. The minimum absolute atomic E-state index is 0.217. The van der Waals surface area contributed by atoms with Gasteiger partial charge in [-0.05, 0) is 60.6 Å². The molecule has 0 saturated heterocycles. The summed E-state index contributed by atoms with van der Waals surface area (Å²) in [6, 6.07) is 24.3. The Kier molecular flexibility index (Phi) is 5.62. The van der Waals surface area contributed by atoms with Crippen LogP contribution in [0.3, 0.4) is 0 Å². The van der Waals surface area contributed by atoms with E-state index in [1.807, 2.05) is 42.5 Å². The fraction of sp³-hybridized carbons (Fsp3) is 0.259. The van der Waals surface area contributed by atoms with Crippen LogP contribution in [0.4, 0.5) is 5.69 Å². The summed E-state index contributed by atoms with van der Waals surface area (Å²) < 4.78 is 28.7. The van der Waals surface area contributed by atoms with E-state index in [2.05, 4.69) is 53.4 Å². The van der Waals surface area contributed by atoms with E-state index < -0.39 is 10.0 Å². The number of sulfonamides is 1. The maximum absolute atomic E-state index is 13.0. The molecule has 164 valence electrons. The van der Waals surface area contributed by atoms with E-state index in [0.717, 1.165) is 23.2 Å². The van der Waals surface area contributed by atoms with Gasteiger partial charge in [0.2, 0.25) is 10.0 Å². The zero-order chi connectivity index (χ0) is 22.1. The van der Waals surface area contributed by atoms with Gasteiger partial charge in [-0.3, -0.25) is 0 Å². The summed E-state index contributed by atoms with van der Waals surface area (Å²) in [6.45, 7) is 2.50. The molecule has 0 aromatic heterocycles. The zero-order valence-corrected chi connectivity index (χ0v) is 19.0. The molecule has 32 heavy (non-hydrogen) atoms. The second kappa shape index (κ2) is 8.57. The van der Waals surface area contributed by atoms with Gasteiger partial charge in [0.1, 0.15) is 0 Å². The van der Waals surface area contributed by atoms with Gasteiger partial charge in [-0.25, -0.2) is 13.1 Å². The Morgan fingerprint density at radius 1 is 1.00 bits per heavy atom. The topological polar surface area (TPSA) is 58.2 Å². The van der Waals surface area contributed by atoms with Crippen LogP contribution in [0.2, 0.25) is 0 Å².